The Bertz CT molecular complexity index is 469. The van der Waals surface area contributed by atoms with Crippen molar-refractivity contribution in [1.82, 2.24) is 9.47 Å². The first-order chi connectivity index (χ1) is 9.08. The normalized spacial score (nSPS) is 23.7. The van der Waals surface area contributed by atoms with Crippen molar-refractivity contribution in [2.75, 3.05) is 19.3 Å². The first-order valence-electron chi connectivity index (χ1n) is 7.24. The first-order valence-corrected chi connectivity index (χ1v) is 7.24. The molecule has 2 N–H and O–H groups in total. The molecule has 0 saturated heterocycles. The molecule has 19 heavy (non-hydrogen) atoms. The Morgan fingerprint density at radius 3 is 2.84 bits per heavy atom. The fraction of sp³-hybridized carbons (Fsp3) is 0.667. The number of aromatic nitrogens is 1. The molecule has 0 bridgehead atoms. The van der Waals surface area contributed by atoms with Gasteiger partial charge in [0.05, 0.1) is 0 Å². The van der Waals surface area contributed by atoms with E-state index in [2.05, 4.69) is 18.9 Å². The molecule has 1 heterocycles. The molecule has 1 aromatic rings. The maximum Gasteiger partial charge on any atom is 0.250 e. The minimum absolute atomic E-state index is 0.0271. The maximum atomic E-state index is 11.7. The molecule has 4 nitrogen and oxygen atoms in total. The number of likely N-dealkylation sites (N-methyl/N-ethyl adjacent to an activating group) is 1. The average molecular weight is 263 g/mol. The molecule has 1 aromatic heterocycles. The summed E-state index contributed by atoms with van der Waals surface area (Å²) in [7, 11) is 2.17. The summed E-state index contributed by atoms with van der Waals surface area (Å²) >= 11 is 0. The average Bonchev–Trinajstić information content (AvgIpc) is 2.40. The van der Waals surface area contributed by atoms with Gasteiger partial charge < -0.3 is 15.2 Å². The summed E-state index contributed by atoms with van der Waals surface area (Å²) in [6.07, 6.45) is 7.04. The number of anilines is 1. The highest BCUT2D eigenvalue weighted by atomic mass is 16.1. The van der Waals surface area contributed by atoms with Crippen LogP contribution in [0.15, 0.2) is 23.1 Å². The number of nitrogen functional groups attached to an aromatic ring is 1. The van der Waals surface area contributed by atoms with E-state index in [1.54, 1.807) is 22.9 Å². The molecular weight excluding hydrogens is 238 g/mol. The standard InChI is InChI=1S/C15H25N3O/c1-12-5-3-4-6-14(12)17(2)9-10-18-11-13(16)7-8-15(18)19/h7-8,11-12,14H,3-6,9-10,16H2,1-2H3. The van der Waals surface area contributed by atoms with Crippen molar-refractivity contribution in [2.24, 2.45) is 5.92 Å². The van der Waals surface area contributed by atoms with Gasteiger partial charge in [-0.05, 0) is 31.9 Å². The van der Waals surface area contributed by atoms with Gasteiger partial charge in [-0.2, -0.15) is 0 Å². The van der Waals surface area contributed by atoms with Gasteiger partial charge in [0.2, 0.25) is 0 Å². The number of hydrogen-bond acceptors (Lipinski definition) is 3. The Labute approximate surface area is 115 Å². The topological polar surface area (TPSA) is 51.3 Å². The van der Waals surface area contributed by atoms with E-state index < -0.39 is 0 Å². The summed E-state index contributed by atoms with van der Waals surface area (Å²) in [5.41, 5.74) is 6.40. The van der Waals surface area contributed by atoms with E-state index in [1.807, 2.05) is 0 Å². The van der Waals surface area contributed by atoms with E-state index in [0.29, 0.717) is 18.3 Å². The van der Waals surface area contributed by atoms with Crippen LogP contribution in [-0.2, 0) is 6.54 Å². The van der Waals surface area contributed by atoms with E-state index in [0.717, 1.165) is 12.5 Å². The number of rotatable bonds is 4. The second-order valence-electron chi connectivity index (χ2n) is 5.80. The first kappa shape index (κ1) is 14.1. The SMILES string of the molecule is CC1CCCCC1N(C)CCn1cc(N)ccc1=O. The van der Waals surface area contributed by atoms with E-state index in [-0.39, 0.29) is 5.56 Å². The van der Waals surface area contributed by atoms with Crippen LogP contribution in [0.1, 0.15) is 32.6 Å². The van der Waals surface area contributed by atoms with Crippen LogP contribution in [0.4, 0.5) is 5.69 Å². The van der Waals surface area contributed by atoms with Gasteiger partial charge in [0.15, 0.2) is 0 Å². The van der Waals surface area contributed by atoms with Crippen LogP contribution in [0.25, 0.3) is 0 Å². The van der Waals surface area contributed by atoms with Gasteiger partial charge in [-0.3, -0.25) is 4.79 Å². The summed E-state index contributed by atoms with van der Waals surface area (Å²) in [6, 6.07) is 3.86. The number of nitrogens with zero attached hydrogens (tertiary/aromatic N) is 2. The highest BCUT2D eigenvalue weighted by Crippen LogP contribution is 2.27. The van der Waals surface area contributed by atoms with Crippen molar-refractivity contribution in [3.05, 3.63) is 28.7 Å². The summed E-state index contributed by atoms with van der Waals surface area (Å²) < 4.78 is 1.71. The zero-order valence-electron chi connectivity index (χ0n) is 12.0. The Morgan fingerprint density at radius 1 is 1.37 bits per heavy atom. The van der Waals surface area contributed by atoms with Gasteiger partial charge in [0.25, 0.3) is 5.56 Å². The molecule has 0 radical (unpaired) electrons. The zero-order chi connectivity index (χ0) is 13.8. The van der Waals surface area contributed by atoms with Gasteiger partial charge in [0, 0.05) is 37.1 Å². The molecule has 1 saturated carbocycles. The van der Waals surface area contributed by atoms with Gasteiger partial charge >= 0.3 is 0 Å². The van der Waals surface area contributed by atoms with E-state index in [1.165, 1.54) is 25.7 Å². The third-order valence-electron chi connectivity index (χ3n) is 4.33. The molecule has 1 fully saturated rings. The lowest BCUT2D eigenvalue weighted by molar-refractivity contribution is 0.135. The highest BCUT2D eigenvalue weighted by molar-refractivity contribution is 5.33. The van der Waals surface area contributed by atoms with Crippen LogP contribution in [0.3, 0.4) is 0 Å². The van der Waals surface area contributed by atoms with Crippen LogP contribution >= 0.6 is 0 Å². The molecule has 0 aliphatic heterocycles. The maximum absolute atomic E-state index is 11.7. The molecule has 2 atom stereocenters. The van der Waals surface area contributed by atoms with Crippen molar-refractivity contribution >= 4 is 5.69 Å². The van der Waals surface area contributed by atoms with Gasteiger partial charge in [-0.1, -0.05) is 19.8 Å². The van der Waals surface area contributed by atoms with E-state index >= 15 is 0 Å². The Morgan fingerprint density at radius 2 is 2.11 bits per heavy atom. The summed E-state index contributed by atoms with van der Waals surface area (Å²) in [6.45, 7) is 3.95. The predicted octanol–water partition coefficient (Wildman–Crippen LogP) is 1.94. The van der Waals surface area contributed by atoms with Crippen LogP contribution in [0.5, 0.6) is 0 Å². The van der Waals surface area contributed by atoms with Gasteiger partial charge in [0.1, 0.15) is 0 Å². The molecule has 1 aliphatic carbocycles. The summed E-state index contributed by atoms with van der Waals surface area (Å²) in [5, 5.41) is 0. The van der Waals surface area contributed by atoms with E-state index in [4.69, 9.17) is 5.73 Å². The molecule has 1 aliphatic rings. The fourth-order valence-electron chi connectivity index (χ4n) is 3.11. The molecule has 0 amide bonds. The Balaban J connectivity index is 1.94. The zero-order valence-corrected chi connectivity index (χ0v) is 12.0. The lowest BCUT2D eigenvalue weighted by Gasteiger charge is -2.36. The summed E-state index contributed by atoms with van der Waals surface area (Å²) in [4.78, 5) is 14.1. The van der Waals surface area contributed by atoms with E-state index in [9.17, 15) is 4.79 Å². The molecule has 4 heteroatoms. The summed E-state index contributed by atoms with van der Waals surface area (Å²) in [5.74, 6) is 0.760. The number of pyridine rings is 1. The lowest BCUT2D eigenvalue weighted by Crippen LogP contribution is -2.41. The third kappa shape index (κ3) is 3.60. The van der Waals surface area contributed by atoms with Crippen molar-refractivity contribution in [1.29, 1.82) is 0 Å². The molecule has 106 valence electrons. The van der Waals surface area contributed by atoms with Crippen molar-refractivity contribution in [2.45, 2.75) is 45.2 Å². The largest absolute Gasteiger partial charge is 0.398 e. The molecule has 2 rings (SSSR count). The van der Waals surface area contributed by atoms with Gasteiger partial charge in [-0.25, -0.2) is 0 Å². The second-order valence-corrected chi connectivity index (χ2v) is 5.80. The molecular formula is C15H25N3O. The Kier molecular flexibility index (Phi) is 4.64. The quantitative estimate of drug-likeness (QED) is 0.903. The highest BCUT2D eigenvalue weighted by Gasteiger charge is 2.24. The number of hydrogen-bond donors (Lipinski definition) is 1. The van der Waals surface area contributed by atoms with Gasteiger partial charge in [-0.15, -0.1) is 0 Å². The van der Waals surface area contributed by atoms with Crippen molar-refractivity contribution < 1.29 is 0 Å². The minimum Gasteiger partial charge on any atom is -0.398 e. The molecule has 0 spiro atoms. The fourth-order valence-corrected chi connectivity index (χ4v) is 3.11. The van der Waals surface area contributed by atoms with Crippen molar-refractivity contribution in [3.8, 4) is 0 Å². The second kappa shape index (κ2) is 6.24. The van der Waals surface area contributed by atoms with Crippen LogP contribution in [-0.4, -0.2) is 29.1 Å². The third-order valence-corrected chi connectivity index (χ3v) is 4.33. The van der Waals surface area contributed by atoms with Crippen LogP contribution in [0, 0.1) is 5.92 Å². The van der Waals surface area contributed by atoms with Crippen LogP contribution in [0.2, 0.25) is 0 Å². The molecule has 2 unspecified atom stereocenters. The molecule has 0 aromatic carbocycles. The Hall–Kier alpha value is -1.29. The van der Waals surface area contributed by atoms with Crippen LogP contribution < -0.4 is 11.3 Å². The van der Waals surface area contributed by atoms with Crippen molar-refractivity contribution in [3.63, 3.8) is 0 Å². The smallest absolute Gasteiger partial charge is 0.250 e. The lowest BCUT2D eigenvalue weighted by atomic mass is 9.85. The number of nitrogens with two attached hydrogens (primary N) is 1. The minimum atomic E-state index is 0.0271. The monoisotopic (exact) mass is 263 g/mol. The predicted molar refractivity (Wildman–Crippen MR) is 79.2 cm³/mol.